The standard InChI is InChI=1S/C26H49N/c1-6-19-11-9-7-8-10-18(2)25(19)23-14-12-20-16-21(27)13-15-22(20)24(23)17-26(3,4)5/h18-25H,6-17,27H2,1-5H3/t18?,19?,20?,21-,22?,23?,24?,25?/m1/s1. The van der Waals surface area contributed by atoms with Crippen molar-refractivity contribution in [3.05, 3.63) is 0 Å². The van der Waals surface area contributed by atoms with E-state index in [-0.39, 0.29) is 0 Å². The van der Waals surface area contributed by atoms with E-state index in [2.05, 4.69) is 34.6 Å². The molecule has 0 saturated heterocycles. The van der Waals surface area contributed by atoms with E-state index in [1.54, 1.807) is 0 Å². The lowest BCUT2D eigenvalue weighted by molar-refractivity contribution is -0.0343. The van der Waals surface area contributed by atoms with Crippen LogP contribution in [0, 0.1) is 46.8 Å². The van der Waals surface area contributed by atoms with Crippen LogP contribution in [0.5, 0.6) is 0 Å². The van der Waals surface area contributed by atoms with E-state index >= 15 is 0 Å². The fraction of sp³-hybridized carbons (Fsp3) is 1.00. The Morgan fingerprint density at radius 3 is 2.26 bits per heavy atom. The first-order valence-corrected chi connectivity index (χ1v) is 12.6. The SMILES string of the molecule is CCC1CCCCCC(C)C1C1CCC2C[C@H](N)CCC2C1CC(C)(C)C. The van der Waals surface area contributed by atoms with Crippen LogP contribution < -0.4 is 5.73 Å². The van der Waals surface area contributed by atoms with Gasteiger partial charge in [0.25, 0.3) is 0 Å². The minimum Gasteiger partial charge on any atom is -0.328 e. The molecule has 3 aliphatic rings. The van der Waals surface area contributed by atoms with Crippen LogP contribution >= 0.6 is 0 Å². The van der Waals surface area contributed by atoms with Crippen LogP contribution in [-0.4, -0.2) is 6.04 Å². The fourth-order valence-corrected chi connectivity index (χ4v) is 7.79. The van der Waals surface area contributed by atoms with Crippen molar-refractivity contribution in [1.29, 1.82) is 0 Å². The number of rotatable bonds is 3. The molecule has 3 rings (SSSR count). The highest BCUT2D eigenvalue weighted by atomic mass is 14.7. The van der Waals surface area contributed by atoms with Gasteiger partial charge in [0.1, 0.15) is 0 Å². The number of fused-ring (bicyclic) bond motifs is 1. The van der Waals surface area contributed by atoms with E-state index in [4.69, 9.17) is 5.73 Å². The zero-order valence-corrected chi connectivity index (χ0v) is 19.2. The van der Waals surface area contributed by atoms with Crippen LogP contribution in [0.3, 0.4) is 0 Å². The van der Waals surface area contributed by atoms with Crippen LogP contribution in [0.25, 0.3) is 0 Å². The summed E-state index contributed by atoms with van der Waals surface area (Å²) in [6.07, 6.45) is 17.3. The zero-order valence-electron chi connectivity index (χ0n) is 19.2. The van der Waals surface area contributed by atoms with Gasteiger partial charge >= 0.3 is 0 Å². The van der Waals surface area contributed by atoms with Crippen molar-refractivity contribution in [3.8, 4) is 0 Å². The molecule has 0 radical (unpaired) electrons. The first kappa shape index (κ1) is 21.7. The van der Waals surface area contributed by atoms with E-state index in [1.165, 1.54) is 77.0 Å². The van der Waals surface area contributed by atoms with Crippen LogP contribution in [0.2, 0.25) is 0 Å². The van der Waals surface area contributed by atoms with Crippen LogP contribution in [0.4, 0.5) is 0 Å². The molecule has 0 heterocycles. The lowest BCUT2D eigenvalue weighted by Crippen LogP contribution is -2.47. The minimum atomic E-state index is 0.455. The predicted molar refractivity (Wildman–Crippen MR) is 119 cm³/mol. The van der Waals surface area contributed by atoms with Gasteiger partial charge in [-0.05, 0) is 85.4 Å². The topological polar surface area (TPSA) is 26.0 Å². The smallest absolute Gasteiger partial charge is 0.00416 e. The van der Waals surface area contributed by atoms with E-state index in [1.807, 2.05) is 0 Å². The molecule has 0 aliphatic heterocycles. The Kier molecular flexibility index (Phi) is 7.37. The Labute approximate surface area is 170 Å². The summed E-state index contributed by atoms with van der Waals surface area (Å²) in [4.78, 5) is 0. The van der Waals surface area contributed by atoms with Gasteiger partial charge in [0.15, 0.2) is 0 Å². The summed E-state index contributed by atoms with van der Waals surface area (Å²) in [6.45, 7) is 12.6. The number of nitrogens with two attached hydrogens (primary N) is 1. The maximum absolute atomic E-state index is 6.40. The summed E-state index contributed by atoms with van der Waals surface area (Å²) >= 11 is 0. The second-order valence-corrected chi connectivity index (χ2v) is 12.0. The first-order valence-electron chi connectivity index (χ1n) is 12.6. The van der Waals surface area contributed by atoms with Gasteiger partial charge in [0.05, 0.1) is 0 Å². The van der Waals surface area contributed by atoms with Crippen molar-refractivity contribution < 1.29 is 0 Å². The molecule has 1 heteroatoms. The Bertz CT molecular complexity index is 450. The molecule has 158 valence electrons. The second kappa shape index (κ2) is 9.19. The van der Waals surface area contributed by atoms with Gasteiger partial charge in [-0.2, -0.15) is 0 Å². The normalized spacial score (nSPS) is 44.2. The third-order valence-corrected chi connectivity index (χ3v) is 8.86. The summed E-state index contributed by atoms with van der Waals surface area (Å²) in [5.41, 5.74) is 6.85. The third-order valence-electron chi connectivity index (χ3n) is 8.86. The molecule has 3 saturated carbocycles. The van der Waals surface area contributed by atoms with Gasteiger partial charge in [-0.1, -0.05) is 73.1 Å². The van der Waals surface area contributed by atoms with Crippen molar-refractivity contribution in [1.82, 2.24) is 0 Å². The van der Waals surface area contributed by atoms with Crippen molar-refractivity contribution in [3.63, 3.8) is 0 Å². The minimum absolute atomic E-state index is 0.455. The highest BCUT2D eigenvalue weighted by Crippen LogP contribution is 2.55. The molecule has 27 heavy (non-hydrogen) atoms. The van der Waals surface area contributed by atoms with Crippen molar-refractivity contribution >= 4 is 0 Å². The molecular weight excluding hydrogens is 326 g/mol. The number of hydrogen-bond donors (Lipinski definition) is 1. The van der Waals surface area contributed by atoms with Crippen molar-refractivity contribution in [2.75, 3.05) is 0 Å². The van der Waals surface area contributed by atoms with Gasteiger partial charge < -0.3 is 5.73 Å². The molecule has 0 bridgehead atoms. The molecule has 1 nitrogen and oxygen atoms in total. The Morgan fingerprint density at radius 1 is 0.852 bits per heavy atom. The molecule has 0 aromatic carbocycles. The average molecular weight is 376 g/mol. The molecule has 7 unspecified atom stereocenters. The van der Waals surface area contributed by atoms with Crippen molar-refractivity contribution in [2.24, 2.45) is 52.6 Å². The third kappa shape index (κ3) is 5.31. The zero-order chi connectivity index (χ0) is 19.6. The molecule has 2 N–H and O–H groups in total. The van der Waals surface area contributed by atoms with E-state index in [9.17, 15) is 0 Å². The fourth-order valence-electron chi connectivity index (χ4n) is 7.79. The lowest BCUT2D eigenvalue weighted by Gasteiger charge is -2.53. The maximum Gasteiger partial charge on any atom is 0.00416 e. The maximum atomic E-state index is 6.40. The summed E-state index contributed by atoms with van der Waals surface area (Å²) in [5.74, 6) is 6.74. The van der Waals surface area contributed by atoms with Gasteiger partial charge in [-0.25, -0.2) is 0 Å². The quantitative estimate of drug-likeness (QED) is 0.545. The van der Waals surface area contributed by atoms with E-state index in [0.29, 0.717) is 11.5 Å². The molecular formula is C26H49N. The summed E-state index contributed by atoms with van der Waals surface area (Å²) in [7, 11) is 0. The van der Waals surface area contributed by atoms with Gasteiger partial charge in [0.2, 0.25) is 0 Å². The Balaban J connectivity index is 1.87. The van der Waals surface area contributed by atoms with Gasteiger partial charge in [0, 0.05) is 6.04 Å². The molecule has 0 spiro atoms. The van der Waals surface area contributed by atoms with E-state index in [0.717, 1.165) is 41.4 Å². The highest BCUT2D eigenvalue weighted by molar-refractivity contribution is 4.97. The lowest BCUT2D eigenvalue weighted by atomic mass is 9.52. The molecule has 3 fully saturated rings. The van der Waals surface area contributed by atoms with Crippen LogP contribution in [0.15, 0.2) is 0 Å². The molecule has 3 aliphatic carbocycles. The van der Waals surface area contributed by atoms with Gasteiger partial charge in [-0.15, -0.1) is 0 Å². The van der Waals surface area contributed by atoms with Gasteiger partial charge in [-0.3, -0.25) is 0 Å². The monoisotopic (exact) mass is 375 g/mol. The first-order chi connectivity index (χ1) is 12.8. The average Bonchev–Trinajstić information content (AvgIpc) is 2.58. The highest BCUT2D eigenvalue weighted by Gasteiger charge is 2.47. The predicted octanol–water partition coefficient (Wildman–Crippen LogP) is 7.44. The summed E-state index contributed by atoms with van der Waals surface area (Å²) < 4.78 is 0. The molecule has 0 aromatic rings. The van der Waals surface area contributed by atoms with Crippen LogP contribution in [0.1, 0.15) is 112 Å². The van der Waals surface area contributed by atoms with Crippen molar-refractivity contribution in [2.45, 2.75) is 118 Å². The molecule has 8 atom stereocenters. The summed E-state index contributed by atoms with van der Waals surface area (Å²) in [6, 6.07) is 0.488. The molecule has 0 aromatic heterocycles. The Morgan fingerprint density at radius 2 is 1.56 bits per heavy atom. The largest absolute Gasteiger partial charge is 0.328 e. The Hall–Kier alpha value is -0.0400. The molecule has 0 amide bonds. The van der Waals surface area contributed by atoms with Crippen LogP contribution in [-0.2, 0) is 0 Å². The number of hydrogen-bond acceptors (Lipinski definition) is 1. The second-order valence-electron chi connectivity index (χ2n) is 12.0. The summed E-state index contributed by atoms with van der Waals surface area (Å²) in [5, 5.41) is 0. The van der Waals surface area contributed by atoms with E-state index < -0.39 is 0 Å².